The van der Waals surface area contributed by atoms with Gasteiger partial charge in [-0.05, 0) is 44.0 Å². The molecule has 2 aromatic heterocycles. The number of hydrogen-bond acceptors (Lipinski definition) is 7. The molecule has 0 bridgehead atoms. The van der Waals surface area contributed by atoms with Crippen LogP contribution in [0.25, 0.3) is 21.7 Å². The van der Waals surface area contributed by atoms with Gasteiger partial charge in [0.1, 0.15) is 0 Å². The lowest BCUT2D eigenvalue weighted by atomic mass is 9.99. The average molecular weight is 451 g/mol. The van der Waals surface area contributed by atoms with Gasteiger partial charge in [0.15, 0.2) is 0 Å². The summed E-state index contributed by atoms with van der Waals surface area (Å²) in [7, 11) is 0. The third kappa shape index (κ3) is 4.50. The van der Waals surface area contributed by atoms with Crippen LogP contribution in [-0.4, -0.2) is 44.8 Å². The molecule has 0 radical (unpaired) electrons. The van der Waals surface area contributed by atoms with Crippen molar-refractivity contribution in [2.45, 2.75) is 30.9 Å². The first-order valence-electron chi connectivity index (χ1n) is 10.3. The Hall–Kier alpha value is -2.71. The van der Waals surface area contributed by atoms with E-state index < -0.39 is 0 Å². The highest BCUT2D eigenvalue weighted by atomic mass is 32.2. The van der Waals surface area contributed by atoms with Gasteiger partial charge in [0.05, 0.1) is 21.0 Å². The molecule has 0 N–H and O–H groups in total. The van der Waals surface area contributed by atoms with Crippen LogP contribution in [0.3, 0.4) is 0 Å². The number of piperidine rings is 1. The van der Waals surface area contributed by atoms with Crippen molar-refractivity contribution in [2.24, 2.45) is 0 Å². The number of rotatable bonds is 5. The third-order valence-corrected chi connectivity index (χ3v) is 7.46. The van der Waals surface area contributed by atoms with Crippen LogP contribution >= 0.6 is 23.1 Å². The van der Waals surface area contributed by atoms with Crippen LogP contribution in [-0.2, 0) is 4.79 Å². The monoisotopic (exact) mass is 450 g/mol. The van der Waals surface area contributed by atoms with Crippen molar-refractivity contribution in [2.75, 3.05) is 18.8 Å². The predicted molar refractivity (Wildman–Crippen MR) is 123 cm³/mol. The van der Waals surface area contributed by atoms with Crippen LogP contribution in [0.15, 0.2) is 58.2 Å². The fourth-order valence-electron chi connectivity index (χ4n) is 3.77. The number of fused-ring (bicyclic) bond motifs is 1. The van der Waals surface area contributed by atoms with Crippen molar-refractivity contribution >= 4 is 39.2 Å². The molecule has 4 aromatic rings. The Labute approximate surface area is 188 Å². The maximum absolute atomic E-state index is 12.8. The van der Waals surface area contributed by atoms with E-state index in [-0.39, 0.29) is 5.91 Å². The summed E-state index contributed by atoms with van der Waals surface area (Å²) in [5.41, 5.74) is 3.10. The van der Waals surface area contributed by atoms with Gasteiger partial charge in [-0.2, -0.15) is 0 Å². The van der Waals surface area contributed by atoms with Crippen LogP contribution in [0.2, 0.25) is 0 Å². The lowest BCUT2D eigenvalue weighted by Gasteiger charge is -2.31. The van der Waals surface area contributed by atoms with Gasteiger partial charge >= 0.3 is 0 Å². The van der Waals surface area contributed by atoms with E-state index in [0.29, 0.717) is 22.8 Å². The molecule has 1 atom stereocenters. The van der Waals surface area contributed by atoms with E-state index >= 15 is 0 Å². The third-order valence-electron chi connectivity index (χ3n) is 5.46. The molecule has 1 saturated heterocycles. The molecule has 5 rings (SSSR count). The molecule has 1 unspecified atom stereocenters. The summed E-state index contributed by atoms with van der Waals surface area (Å²) in [5, 5.41) is 9.75. The van der Waals surface area contributed by atoms with Crippen molar-refractivity contribution in [1.82, 2.24) is 20.1 Å². The molecule has 0 aliphatic carbocycles. The summed E-state index contributed by atoms with van der Waals surface area (Å²) >= 11 is 3.04. The summed E-state index contributed by atoms with van der Waals surface area (Å²) in [4.78, 5) is 19.6. The number of thiazole rings is 1. The van der Waals surface area contributed by atoms with E-state index in [4.69, 9.17) is 9.40 Å². The lowest BCUT2D eigenvalue weighted by Crippen LogP contribution is -2.40. The van der Waals surface area contributed by atoms with Crippen LogP contribution in [0.4, 0.5) is 0 Å². The molecule has 1 aliphatic rings. The second-order valence-electron chi connectivity index (χ2n) is 7.73. The van der Waals surface area contributed by atoms with Gasteiger partial charge in [0.25, 0.3) is 5.22 Å². The number of nitrogens with zero attached hydrogens (tertiary/aromatic N) is 4. The molecular formula is C23H22N4O2S2. The van der Waals surface area contributed by atoms with Gasteiger partial charge in [0, 0.05) is 24.6 Å². The van der Waals surface area contributed by atoms with Crippen molar-refractivity contribution in [1.29, 1.82) is 0 Å². The Bertz CT molecular complexity index is 1170. The Kier molecular flexibility index (Phi) is 5.74. The van der Waals surface area contributed by atoms with Crippen LogP contribution in [0, 0.1) is 6.92 Å². The zero-order valence-corrected chi connectivity index (χ0v) is 18.8. The Morgan fingerprint density at radius 2 is 2.03 bits per heavy atom. The van der Waals surface area contributed by atoms with E-state index in [1.54, 1.807) is 11.3 Å². The molecule has 31 heavy (non-hydrogen) atoms. The highest BCUT2D eigenvalue weighted by molar-refractivity contribution is 7.99. The molecule has 1 fully saturated rings. The van der Waals surface area contributed by atoms with Gasteiger partial charge in [-0.3, -0.25) is 4.79 Å². The first kappa shape index (κ1) is 20.2. The maximum atomic E-state index is 12.8. The number of aromatic nitrogens is 3. The number of likely N-dealkylation sites (tertiary alicyclic amines) is 1. The molecule has 0 saturated carbocycles. The van der Waals surface area contributed by atoms with Gasteiger partial charge in [-0.25, -0.2) is 4.98 Å². The van der Waals surface area contributed by atoms with E-state index in [1.165, 1.54) is 22.0 Å². The Balaban J connectivity index is 1.20. The largest absolute Gasteiger partial charge is 0.411 e. The Morgan fingerprint density at radius 3 is 2.87 bits per heavy atom. The SMILES string of the molecule is Cc1ccc(-c2nnc(SCC(=O)N3CCCC(c4nc5ccccc5s4)C3)o2)cc1. The second-order valence-corrected chi connectivity index (χ2v) is 9.72. The van der Waals surface area contributed by atoms with Gasteiger partial charge in [0.2, 0.25) is 11.8 Å². The topological polar surface area (TPSA) is 72.1 Å². The number of para-hydroxylation sites is 1. The van der Waals surface area contributed by atoms with Gasteiger partial charge in [-0.15, -0.1) is 21.5 Å². The maximum Gasteiger partial charge on any atom is 0.277 e. The standard InChI is InChI=1S/C23H22N4O2S2/c1-15-8-10-16(11-9-15)21-25-26-23(29-21)30-14-20(28)27-12-4-5-17(13-27)22-24-18-6-2-3-7-19(18)31-22/h2-3,6-11,17H,4-5,12-14H2,1H3. The molecule has 158 valence electrons. The minimum absolute atomic E-state index is 0.103. The van der Waals surface area contributed by atoms with Crippen molar-refractivity contribution < 1.29 is 9.21 Å². The second kappa shape index (κ2) is 8.80. The number of thioether (sulfide) groups is 1. The summed E-state index contributed by atoms with van der Waals surface area (Å²) in [6, 6.07) is 16.1. The Morgan fingerprint density at radius 1 is 1.19 bits per heavy atom. The van der Waals surface area contributed by atoms with E-state index in [0.717, 1.165) is 42.0 Å². The molecule has 6 nitrogen and oxygen atoms in total. The smallest absolute Gasteiger partial charge is 0.277 e. The molecular weight excluding hydrogens is 428 g/mol. The number of aryl methyl sites for hydroxylation is 1. The van der Waals surface area contributed by atoms with E-state index in [9.17, 15) is 4.79 Å². The predicted octanol–water partition coefficient (Wildman–Crippen LogP) is 5.15. The van der Waals surface area contributed by atoms with Crippen molar-refractivity contribution in [3.05, 3.63) is 59.1 Å². The molecule has 1 aliphatic heterocycles. The summed E-state index contributed by atoms with van der Waals surface area (Å²) in [5.74, 6) is 1.17. The summed E-state index contributed by atoms with van der Waals surface area (Å²) < 4.78 is 6.94. The van der Waals surface area contributed by atoms with Gasteiger partial charge in [-0.1, -0.05) is 41.6 Å². The van der Waals surface area contributed by atoms with Crippen molar-refractivity contribution in [3.8, 4) is 11.5 Å². The number of carbonyl (C=O) groups excluding carboxylic acids is 1. The van der Waals surface area contributed by atoms with Crippen molar-refractivity contribution in [3.63, 3.8) is 0 Å². The quantitative estimate of drug-likeness (QED) is 0.392. The fraction of sp³-hybridized carbons (Fsp3) is 0.304. The number of hydrogen-bond donors (Lipinski definition) is 0. The zero-order chi connectivity index (χ0) is 21.2. The summed E-state index contributed by atoms with van der Waals surface area (Å²) in [6.45, 7) is 3.55. The molecule has 2 aromatic carbocycles. The molecule has 3 heterocycles. The van der Waals surface area contributed by atoms with Gasteiger partial charge < -0.3 is 9.32 Å². The van der Waals surface area contributed by atoms with E-state index in [1.807, 2.05) is 54.3 Å². The van der Waals surface area contributed by atoms with Crippen LogP contribution in [0.5, 0.6) is 0 Å². The average Bonchev–Trinajstić information content (AvgIpc) is 3.45. The number of benzene rings is 2. The zero-order valence-electron chi connectivity index (χ0n) is 17.2. The molecule has 0 spiro atoms. The highest BCUT2D eigenvalue weighted by Gasteiger charge is 2.27. The first-order chi connectivity index (χ1) is 15.2. The summed E-state index contributed by atoms with van der Waals surface area (Å²) in [6.07, 6.45) is 2.06. The minimum atomic E-state index is 0.103. The minimum Gasteiger partial charge on any atom is -0.411 e. The normalized spacial score (nSPS) is 16.7. The van der Waals surface area contributed by atoms with Crippen LogP contribution < -0.4 is 0 Å². The van der Waals surface area contributed by atoms with Crippen LogP contribution in [0.1, 0.15) is 29.3 Å². The number of carbonyl (C=O) groups is 1. The van der Waals surface area contributed by atoms with E-state index in [2.05, 4.69) is 16.3 Å². The highest BCUT2D eigenvalue weighted by Crippen LogP contribution is 2.33. The first-order valence-corrected chi connectivity index (χ1v) is 12.1. The number of amides is 1. The lowest BCUT2D eigenvalue weighted by molar-refractivity contribution is -0.129. The fourth-order valence-corrected chi connectivity index (χ4v) is 5.52. The molecule has 1 amide bonds. The molecule has 8 heteroatoms.